The Kier molecular flexibility index (Phi) is 3.30. The zero-order valence-electron chi connectivity index (χ0n) is 10.3. The maximum absolute atomic E-state index is 5.54. The Morgan fingerprint density at radius 1 is 1.25 bits per heavy atom. The monoisotopic (exact) mass is 217 g/mol. The molecule has 0 unspecified atom stereocenters. The van der Waals surface area contributed by atoms with Crippen LogP contribution in [-0.2, 0) is 17.9 Å². The molecule has 0 spiro atoms. The molecule has 0 radical (unpaired) electrons. The smallest absolute Gasteiger partial charge is 0.0738 e. The molecule has 0 saturated carbocycles. The second-order valence-corrected chi connectivity index (χ2v) is 3.87. The fourth-order valence-electron chi connectivity index (χ4n) is 2.25. The molecule has 2 nitrogen and oxygen atoms in total. The van der Waals surface area contributed by atoms with Crippen molar-refractivity contribution in [1.82, 2.24) is 4.57 Å². The average molecular weight is 217 g/mol. The van der Waals surface area contributed by atoms with E-state index in [9.17, 15) is 0 Å². The summed E-state index contributed by atoms with van der Waals surface area (Å²) in [6.45, 7) is 8.71. The highest BCUT2D eigenvalue weighted by molar-refractivity contribution is 5.86. The highest BCUT2D eigenvalue weighted by atomic mass is 16.5. The summed E-state index contributed by atoms with van der Waals surface area (Å²) < 4.78 is 7.86. The molecule has 0 bridgehead atoms. The third-order valence-corrected chi connectivity index (χ3v) is 2.92. The summed E-state index contributed by atoms with van der Waals surface area (Å²) in [5.41, 5.74) is 4.04. The fraction of sp³-hybridized carbons (Fsp3) is 0.429. The molecule has 1 aromatic carbocycles. The van der Waals surface area contributed by atoms with Crippen molar-refractivity contribution in [3.8, 4) is 0 Å². The molecule has 1 aromatic heterocycles. The van der Waals surface area contributed by atoms with Gasteiger partial charge in [0, 0.05) is 23.7 Å². The minimum Gasteiger partial charge on any atom is -0.375 e. The number of rotatable bonds is 0. The maximum Gasteiger partial charge on any atom is 0.0738 e. The van der Waals surface area contributed by atoms with Gasteiger partial charge >= 0.3 is 0 Å². The van der Waals surface area contributed by atoms with Crippen molar-refractivity contribution in [2.24, 2.45) is 0 Å². The summed E-state index contributed by atoms with van der Waals surface area (Å²) in [6.07, 6.45) is 2.23. The van der Waals surface area contributed by atoms with Gasteiger partial charge in [-0.25, -0.2) is 0 Å². The topological polar surface area (TPSA) is 14.2 Å². The van der Waals surface area contributed by atoms with Gasteiger partial charge in [-0.15, -0.1) is 0 Å². The number of para-hydroxylation sites is 1. The van der Waals surface area contributed by atoms with Gasteiger partial charge in [-0.3, -0.25) is 0 Å². The van der Waals surface area contributed by atoms with E-state index in [1.807, 2.05) is 13.8 Å². The first-order chi connectivity index (χ1) is 7.86. The summed E-state index contributed by atoms with van der Waals surface area (Å²) in [5, 5.41) is 1.37. The number of aryl methyl sites for hydroxylation is 1. The molecular formula is C14H19NO. The van der Waals surface area contributed by atoms with E-state index in [0.717, 1.165) is 19.8 Å². The Balaban J connectivity index is 0.000000457. The Morgan fingerprint density at radius 2 is 2.06 bits per heavy atom. The van der Waals surface area contributed by atoms with Crippen LogP contribution in [0.5, 0.6) is 0 Å². The van der Waals surface area contributed by atoms with Crippen molar-refractivity contribution in [2.45, 2.75) is 33.9 Å². The Bertz CT molecular complexity index is 485. The predicted octanol–water partition coefficient (Wildman–Crippen LogP) is 3.51. The van der Waals surface area contributed by atoms with Gasteiger partial charge in [0.05, 0.1) is 18.7 Å². The fourth-order valence-corrected chi connectivity index (χ4v) is 2.25. The molecule has 0 fully saturated rings. The highest BCUT2D eigenvalue weighted by Crippen LogP contribution is 2.26. The molecule has 0 amide bonds. The molecule has 2 aromatic rings. The molecule has 0 atom stereocenters. The van der Waals surface area contributed by atoms with E-state index in [-0.39, 0.29) is 0 Å². The van der Waals surface area contributed by atoms with Gasteiger partial charge in [0.25, 0.3) is 0 Å². The third kappa shape index (κ3) is 1.74. The molecule has 1 aliphatic heterocycles. The lowest BCUT2D eigenvalue weighted by atomic mass is 10.1. The van der Waals surface area contributed by atoms with Crippen molar-refractivity contribution < 1.29 is 4.74 Å². The van der Waals surface area contributed by atoms with Crippen molar-refractivity contribution >= 4 is 10.9 Å². The van der Waals surface area contributed by atoms with Gasteiger partial charge < -0.3 is 9.30 Å². The molecule has 2 heterocycles. The van der Waals surface area contributed by atoms with Gasteiger partial charge in [-0.2, -0.15) is 0 Å². The van der Waals surface area contributed by atoms with Crippen LogP contribution in [-0.4, -0.2) is 11.2 Å². The molecule has 0 saturated heterocycles. The zero-order chi connectivity index (χ0) is 11.5. The molecule has 0 aliphatic carbocycles. The molecule has 2 heteroatoms. The van der Waals surface area contributed by atoms with Gasteiger partial charge in [-0.1, -0.05) is 32.0 Å². The van der Waals surface area contributed by atoms with Crippen molar-refractivity contribution in [3.63, 3.8) is 0 Å². The van der Waals surface area contributed by atoms with Gasteiger partial charge in [0.15, 0.2) is 0 Å². The van der Waals surface area contributed by atoms with Crippen LogP contribution in [0.2, 0.25) is 0 Å². The third-order valence-electron chi connectivity index (χ3n) is 2.92. The molecule has 86 valence electrons. The Hall–Kier alpha value is -1.28. The summed E-state index contributed by atoms with van der Waals surface area (Å²) in [4.78, 5) is 0. The van der Waals surface area contributed by atoms with Crippen molar-refractivity contribution in [1.29, 1.82) is 0 Å². The van der Waals surface area contributed by atoms with Gasteiger partial charge in [0.2, 0.25) is 0 Å². The Morgan fingerprint density at radius 3 is 2.88 bits per heavy atom. The number of aromatic nitrogens is 1. The molecule has 0 N–H and O–H groups in total. The summed E-state index contributed by atoms with van der Waals surface area (Å²) >= 11 is 0. The van der Waals surface area contributed by atoms with E-state index >= 15 is 0 Å². The van der Waals surface area contributed by atoms with E-state index in [1.54, 1.807) is 0 Å². The molecule has 3 rings (SSSR count). The average Bonchev–Trinajstić information content (AvgIpc) is 2.53. The largest absolute Gasteiger partial charge is 0.375 e. The number of hydrogen-bond acceptors (Lipinski definition) is 1. The number of hydrogen-bond donors (Lipinski definition) is 0. The van der Waals surface area contributed by atoms with Crippen LogP contribution in [0, 0.1) is 6.92 Å². The normalized spacial score (nSPS) is 14.2. The molecule has 1 aliphatic rings. The Labute approximate surface area is 96.8 Å². The molecule has 16 heavy (non-hydrogen) atoms. The van der Waals surface area contributed by atoms with E-state index < -0.39 is 0 Å². The number of benzene rings is 1. The minimum absolute atomic E-state index is 0.751. The van der Waals surface area contributed by atoms with Crippen LogP contribution < -0.4 is 0 Å². The summed E-state index contributed by atoms with van der Waals surface area (Å²) in [6, 6.07) is 6.46. The second kappa shape index (κ2) is 4.71. The van der Waals surface area contributed by atoms with Crippen LogP contribution in [0.3, 0.4) is 0 Å². The lowest BCUT2D eigenvalue weighted by Gasteiger charge is -2.01. The molecular weight excluding hydrogens is 198 g/mol. The van der Waals surface area contributed by atoms with Gasteiger partial charge in [0.1, 0.15) is 0 Å². The quantitative estimate of drug-likeness (QED) is 0.658. The number of nitrogens with zero attached hydrogens (tertiary/aromatic N) is 1. The second-order valence-electron chi connectivity index (χ2n) is 3.87. The van der Waals surface area contributed by atoms with Crippen molar-refractivity contribution in [3.05, 3.63) is 35.5 Å². The summed E-state index contributed by atoms with van der Waals surface area (Å²) in [7, 11) is 0. The zero-order valence-corrected chi connectivity index (χ0v) is 10.3. The van der Waals surface area contributed by atoms with Crippen LogP contribution in [0.15, 0.2) is 24.4 Å². The maximum atomic E-state index is 5.54. The van der Waals surface area contributed by atoms with Crippen molar-refractivity contribution in [2.75, 3.05) is 6.61 Å². The van der Waals surface area contributed by atoms with Crippen LogP contribution >= 0.6 is 0 Å². The standard InChI is InChI=1S/C12H13NO.C2H6/c1-9-7-13-5-6-14-8-10-3-2-4-11(9)12(10)13;1-2/h2-4,7H,5-6,8H2,1H3;1-2H3. The van der Waals surface area contributed by atoms with Gasteiger partial charge in [-0.05, 0) is 12.5 Å². The van der Waals surface area contributed by atoms with E-state index in [1.165, 1.54) is 22.0 Å². The minimum atomic E-state index is 0.751. The first-order valence-corrected chi connectivity index (χ1v) is 6.01. The van der Waals surface area contributed by atoms with Crippen LogP contribution in [0.25, 0.3) is 10.9 Å². The number of ether oxygens (including phenoxy) is 1. The van der Waals surface area contributed by atoms with E-state index in [2.05, 4.69) is 35.9 Å². The predicted molar refractivity (Wildman–Crippen MR) is 67.7 cm³/mol. The SMILES string of the molecule is CC.Cc1cn2c3c(cccc13)COCC2. The van der Waals surface area contributed by atoms with Crippen LogP contribution in [0.4, 0.5) is 0 Å². The van der Waals surface area contributed by atoms with E-state index in [0.29, 0.717) is 0 Å². The first-order valence-electron chi connectivity index (χ1n) is 6.01. The van der Waals surface area contributed by atoms with E-state index in [4.69, 9.17) is 4.74 Å². The summed E-state index contributed by atoms with van der Waals surface area (Å²) in [5.74, 6) is 0. The lowest BCUT2D eigenvalue weighted by Crippen LogP contribution is -1.99. The van der Waals surface area contributed by atoms with Crippen LogP contribution in [0.1, 0.15) is 25.0 Å². The first kappa shape index (κ1) is 11.2. The highest BCUT2D eigenvalue weighted by Gasteiger charge is 2.12. The lowest BCUT2D eigenvalue weighted by molar-refractivity contribution is 0.120.